The Labute approximate surface area is 387 Å². The average Bonchev–Trinajstić information content (AvgIpc) is 4.05. The van der Waals surface area contributed by atoms with E-state index in [0.717, 1.165) is 36.1 Å². The van der Waals surface area contributed by atoms with Gasteiger partial charge in [-0.25, -0.2) is 9.36 Å². The van der Waals surface area contributed by atoms with E-state index in [9.17, 15) is 24.0 Å². The first-order valence-electron chi connectivity index (χ1n) is 21.8. The summed E-state index contributed by atoms with van der Waals surface area (Å²) in [5, 5.41) is 19.0. The Kier molecular flexibility index (Phi) is 14.1. The Hall–Kier alpha value is -7.01. The first-order chi connectivity index (χ1) is 31.7. The predicted molar refractivity (Wildman–Crippen MR) is 245 cm³/mol. The largest absolute Gasteiger partial charge is 0.457 e. The van der Waals surface area contributed by atoms with Crippen LogP contribution in [0.3, 0.4) is 0 Å². The van der Waals surface area contributed by atoms with Crippen LogP contribution in [0.2, 0.25) is 0 Å². The number of hydrogen-bond donors (Lipinski definition) is 3. The predicted octanol–water partition coefficient (Wildman–Crippen LogP) is 3.90. The van der Waals surface area contributed by atoms with E-state index in [0.29, 0.717) is 86.4 Å². The second-order valence-corrected chi connectivity index (χ2v) is 16.3. The van der Waals surface area contributed by atoms with Crippen LogP contribution in [0.15, 0.2) is 79.0 Å². The Morgan fingerprint density at radius 1 is 0.879 bits per heavy atom. The van der Waals surface area contributed by atoms with Crippen LogP contribution in [0.4, 0.5) is 5.82 Å². The molecular weight excluding hydrogens is 865 g/mol. The molecule has 19 heteroatoms. The number of nitrogens with two attached hydrogens (primary N) is 1. The smallest absolute Gasteiger partial charge is 0.276 e. The van der Waals surface area contributed by atoms with Crippen LogP contribution in [-0.2, 0) is 32.2 Å². The van der Waals surface area contributed by atoms with Crippen LogP contribution in [0.25, 0.3) is 11.3 Å². The number of primary amides is 1. The number of likely N-dealkylation sites (tertiary alicyclic amines) is 1. The van der Waals surface area contributed by atoms with Crippen molar-refractivity contribution in [1.29, 1.82) is 0 Å². The van der Waals surface area contributed by atoms with E-state index < -0.39 is 17.9 Å². The molecule has 5 aromatic rings. The third kappa shape index (κ3) is 9.80. The lowest BCUT2D eigenvalue weighted by atomic mass is 9.86. The summed E-state index contributed by atoms with van der Waals surface area (Å²) in [5.74, 6) is 6.57. The van der Waals surface area contributed by atoms with Crippen molar-refractivity contribution in [2.45, 2.75) is 57.3 Å². The number of rotatable bonds is 14. The van der Waals surface area contributed by atoms with Gasteiger partial charge in [0, 0.05) is 49.3 Å². The quantitative estimate of drug-likeness (QED) is 0.0822. The van der Waals surface area contributed by atoms with Crippen molar-refractivity contribution < 1.29 is 38.2 Å². The minimum absolute atomic E-state index is 0. The summed E-state index contributed by atoms with van der Waals surface area (Å²) in [6.45, 7) is 3.57. The van der Waals surface area contributed by atoms with E-state index in [1.54, 1.807) is 23.0 Å². The van der Waals surface area contributed by atoms with Crippen LogP contribution in [0, 0.1) is 17.8 Å². The summed E-state index contributed by atoms with van der Waals surface area (Å²) < 4.78 is 20.8. The lowest BCUT2D eigenvalue weighted by Gasteiger charge is -2.38. The Morgan fingerprint density at radius 3 is 2.42 bits per heavy atom. The zero-order chi connectivity index (χ0) is 44.9. The molecule has 4 aliphatic heterocycles. The van der Waals surface area contributed by atoms with Crippen molar-refractivity contribution in [1.82, 2.24) is 39.9 Å². The van der Waals surface area contributed by atoms with Crippen molar-refractivity contribution in [2.75, 3.05) is 51.4 Å². The number of ether oxygens (including phenoxy) is 3. The van der Waals surface area contributed by atoms with E-state index in [1.165, 1.54) is 4.90 Å². The zero-order valence-electron chi connectivity index (χ0n) is 36.1. The highest BCUT2D eigenvalue weighted by atomic mass is 32.1. The van der Waals surface area contributed by atoms with Crippen LogP contribution < -0.4 is 21.1 Å². The molecule has 342 valence electrons. The van der Waals surface area contributed by atoms with Gasteiger partial charge in [-0.2, -0.15) is 18.6 Å². The molecule has 0 radical (unpaired) electrons. The summed E-state index contributed by atoms with van der Waals surface area (Å²) in [6, 6.07) is 21.6. The van der Waals surface area contributed by atoms with E-state index in [1.807, 2.05) is 70.2 Å². The number of benzene rings is 3. The molecule has 3 aromatic carbocycles. The van der Waals surface area contributed by atoms with Gasteiger partial charge in [0.2, 0.25) is 11.8 Å². The molecule has 9 rings (SSSR count). The first kappa shape index (κ1) is 45.6. The van der Waals surface area contributed by atoms with Crippen molar-refractivity contribution in [3.8, 4) is 34.6 Å². The fourth-order valence-electron chi connectivity index (χ4n) is 8.97. The average molecular weight is 915 g/mol. The Bertz CT molecular complexity index is 2670. The van der Waals surface area contributed by atoms with Crippen LogP contribution in [0.5, 0.6) is 11.5 Å². The minimum atomic E-state index is -0.685. The fourth-order valence-corrected chi connectivity index (χ4v) is 8.97. The molecule has 5 amide bonds. The number of nitrogens with one attached hydrogen (secondary N) is 2. The molecule has 0 aliphatic carbocycles. The van der Waals surface area contributed by atoms with Crippen molar-refractivity contribution in [3.63, 3.8) is 0 Å². The number of nitrogens with zero attached hydrogens (tertiary/aromatic N) is 7. The summed E-state index contributed by atoms with van der Waals surface area (Å²) in [7, 11) is 0. The van der Waals surface area contributed by atoms with Crippen LogP contribution in [0.1, 0.15) is 80.5 Å². The molecule has 6 heterocycles. The first-order valence-corrected chi connectivity index (χ1v) is 21.8. The van der Waals surface area contributed by atoms with Gasteiger partial charge in [0.15, 0.2) is 5.69 Å². The van der Waals surface area contributed by atoms with Crippen molar-refractivity contribution in [2.24, 2.45) is 11.7 Å². The zero-order valence-corrected chi connectivity index (χ0v) is 37.1. The number of hydrogen-bond acceptors (Lipinski definition) is 12. The molecule has 4 N–H and O–H groups in total. The van der Waals surface area contributed by atoms with Crippen molar-refractivity contribution in [3.05, 3.63) is 107 Å². The number of carbonyl (C=O) groups excluding carboxylic acids is 5. The van der Waals surface area contributed by atoms with Crippen LogP contribution >= 0.6 is 13.5 Å². The second kappa shape index (κ2) is 20.4. The lowest BCUT2D eigenvalue weighted by molar-refractivity contribution is -0.136. The SMILES string of the molecule is NC(=O)c1c(-c2ccc(Oc3ccccc3)cc2)nn2c1NCC[C@H]2C1CCN(C(=O)c2cn(CCOCCOCC#Cc3cccc4c3CN(C3CCC(=O)NC3=O)C4=O)nn2)CC1.S. The lowest BCUT2D eigenvalue weighted by Crippen LogP contribution is -2.52. The standard InChI is InChI=1S/C47H48N10O8.H2S/c48-43(59)41-42(32-11-13-34(14-12-32)65-33-8-2-1-3-9-33)52-57-38(17-20-49-44(41)57)31-18-21-54(22-19-31)47(62)37-29-55(53-51-37)23-25-64-27-26-63-24-5-7-30-6-4-10-35-36(30)28-56(46(35)61)39-15-16-40(58)50-45(39)60;/h1-4,6,8-14,29,31,38-39,49H,15-28H2,(H2,48,59)(H,50,58,60);1H2/t38-,39?;/m0./s1. The van der Waals surface area contributed by atoms with E-state index in [4.69, 9.17) is 25.0 Å². The van der Waals surface area contributed by atoms with Gasteiger partial charge in [0.25, 0.3) is 17.7 Å². The summed E-state index contributed by atoms with van der Waals surface area (Å²) >= 11 is 0. The summed E-state index contributed by atoms with van der Waals surface area (Å²) in [6.07, 6.45) is 4.47. The summed E-state index contributed by atoms with van der Waals surface area (Å²) in [4.78, 5) is 66.7. The number of amides is 5. The molecule has 2 saturated heterocycles. The molecule has 1 unspecified atom stereocenters. The van der Waals surface area contributed by atoms with Gasteiger partial charge < -0.3 is 35.1 Å². The number of aromatic nitrogens is 5. The van der Waals surface area contributed by atoms with Gasteiger partial charge in [0.05, 0.1) is 38.6 Å². The van der Waals surface area contributed by atoms with E-state index >= 15 is 0 Å². The number of piperidine rings is 2. The Morgan fingerprint density at radius 2 is 1.65 bits per heavy atom. The highest BCUT2D eigenvalue weighted by Crippen LogP contribution is 2.40. The third-order valence-electron chi connectivity index (χ3n) is 12.3. The van der Waals surface area contributed by atoms with Crippen LogP contribution in [-0.4, -0.2) is 116 Å². The van der Waals surface area contributed by atoms with Gasteiger partial charge in [-0.05, 0) is 85.7 Å². The number of anilines is 1. The molecule has 18 nitrogen and oxygen atoms in total. The maximum absolute atomic E-state index is 13.5. The molecular formula is C47H50N10O8S. The van der Waals surface area contributed by atoms with Gasteiger partial charge in [0.1, 0.15) is 41.2 Å². The fraction of sp³-hybridized carbons (Fsp3) is 0.362. The number of imide groups is 1. The molecule has 0 bridgehead atoms. The van der Waals surface area contributed by atoms with Gasteiger partial charge >= 0.3 is 0 Å². The van der Waals surface area contributed by atoms with E-state index in [-0.39, 0.29) is 68.4 Å². The highest BCUT2D eigenvalue weighted by molar-refractivity contribution is 7.59. The second-order valence-electron chi connectivity index (χ2n) is 16.3. The molecule has 2 aromatic heterocycles. The third-order valence-corrected chi connectivity index (χ3v) is 12.3. The molecule has 0 saturated carbocycles. The normalized spacial score (nSPS) is 18.0. The highest BCUT2D eigenvalue weighted by Gasteiger charge is 2.40. The maximum atomic E-state index is 13.5. The molecule has 4 aliphatic rings. The van der Waals surface area contributed by atoms with Crippen molar-refractivity contribution >= 4 is 48.8 Å². The summed E-state index contributed by atoms with van der Waals surface area (Å²) in [5.41, 5.74) is 9.81. The molecule has 2 fully saturated rings. The number of fused-ring (bicyclic) bond motifs is 2. The minimum Gasteiger partial charge on any atom is -0.457 e. The Balaban J connectivity index is 0.00000592. The van der Waals surface area contributed by atoms with Gasteiger partial charge in [-0.3, -0.25) is 29.3 Å². The molecule has 2 atom stereocenters. The monoisotopic (exact) mass is 914 g/mol. The maximum Gasteiger partial charge on any atom is 0.276 e. The number of carbonyl (C=O) groups is 5. The topological polar surface area (TPSA) is 218 Å². The van der Waals surface area contributed by atoms with Gasteiger partial charge in [-0.15, -0.1) is 5.10 Å². The van der Waals surface area contributed by atoms with Gasteiger partial charge in [-0.1, -0.05) is 41.3 Å². The molecule has 66 heavy (non-hydrogen) atoms. The number of para-hydroxylation sites is 1. The molecule has 0 spiro atoms. The van der Waals surface area contributed by atoms with E-state index in [2.05, 4.69) is 32.8 Å².